The van der Waals surface area contributed by atoms with Gasteiger partial charge < -0.3 is 4.57 Å². The lowest BCUT2D eigenvalue weighted by molar-refractivity contribution is -0.0560. The van der Waals surface area contributed by atoms with Crippen molar-refractivity contribution >= 4 is 27.4 Å². The molecule has 0 N–H and O–H groups in total. The van der Waals surface area contributed by atoms with Crippen LogP contribution in [0.25, 0.3) is 60.8 Å². The Bertz CT molecular complexity index is 3550. The third-order valence-electron chi connectivity index (χ3n) is 18.2. The Morgan fingerprint density at radius 3 is 1.98 bits per heavy atom. The van der Waals surface area contributed by atoms with Gasteiger partial charge in [-0.1, -0.05) is 194 Å². The predicted molar refractivity (Wildman–Crippen MR) is 268 cm³/mol. The maximum atomic E-state index is 2.79. The van der Waals surface area contributed by atoms with Gasteiger partial charge in [-0.2, -0.15) is 0 Å². The normalized spacial score (nSPS) is 28.3. The number of rotatable bonds is 4. The van der Waals surface area contributed by atoms with E-state index in [1.54, 1.807) is 27.8 Å². The average Bonchev–Trinajstić information content (AvgIpc) is 3.90. The zero-order valence-corrected chi connectivity index (χ0v) is 36.7. The topological polar surface area (TPSA) is 4.93 Å². The summed E-state index contributed by atoms with van der Waals surface area (Å²) in [6.45, 7) is 2.31. The molecular weight excluding hydrogens is 783 g/mol. The minimum absolute atomic E-state index is 0.0152. The van der Waals surface area contributed by atoms with Gasteiger partial charge >= 0.3 is 0 Å². The summed E-state index contributed by atoms with van der Waals surface area (Å²) in [5.41, 5.74) is 21.5. The lowest BCUT2D eigenvalue weighted by atomic mass is 9.30. The van der Waals surface area contributed by atoms with Crippen molar-refractivity contribution in [2.45, 2.75) is 54.9 Å². The number of benzene rings is 8. The first-order valence-corrected chi connectivity index (χ1v) is 24.0. The van der Waals surface area contributed by atoms with E-state index in [0.717, 1.165) is 0 Å². The van der Waals surface area contributed by atoms with E-state index in [1.165, 1.54) is 85.6 Å². The Morgan fingerprint density at radius 1 is 0.508 bits per heavy atom. The zero-order valence-electron chi connectivity index (χ0n) is 36.7. The Labute approximate surface area is 381 Å². The molecule has 9 aromatic rings. The quantitative estimate of drug-likeness (QED) is 0.166. The van der Waals surface area contributed by atoms with Crippen molar-refractivity contribution in [1.82, 2.24) is 4.57 Å². The number of nitrogens with zero attached hydrogens (tertiary/aromatic N) is 1. The van der Waals surface area contributed by atoms with Crippen LogP contribution in [0.1, 0.15) is 70.5 Å². The summed E-state index contributed by atoms with van der Waals surface area (Å²) in [6.07, 6.45) is 11.1. The second kappa shape index (κ2) is 12.9. The van der Waals surface area contributed by atoms with E-state index >= 15 is 0 Å². The van der Waals surface area contributed by atoms with E-state index < -0.39 is 0 Å². The molecule has 1 spiro atoms. The minimum Gasteiger partial charge on any atom is -0.333 e. The van der Waals surface area contributed by atoms with Crippen molar-refractivity contribution in [1.29, 1.82) is 0 Å². The van der Waals surface area contributed by atoms with E-state index in [4.69, 9.17) is 0 Å². The van der Waals surface area contributed by atoms with Crippen molar-refractivity contribution in [3.63, 3.8) is 0 Å². The highest BCUT2D eigenvalue weighted by Gasteiger charge is 2.87. The molecule has 1 heteroatoms. The standard InChI is InChI=1S/C64H49N/c1-40-18-5-6-21-43(40)46-24-11-14-30-53(46)63-37-36-62-39-55(64(61(62)63)54-31-15-12-25-47(54)45-23-8-10-28-51(45)60(63)64)48-26-9-7-22-44(48)50-29-17-33-58(59(50)62)65-56-32-16-13-27-49(56)52-38-42(34-35-57(52)65)41-19-3-2-4-20-41/h2-35,38,55,58-61H,36-37,39H2,1H3. The van der Waals surface area contributed by atoms with Crippen LogP contribution in [0.5, 0.6) is 0 Å². The summed E-state index contributed by atoms with van der Waals surface area (Å²) in [6, 6.07) is 75.4. The molecule has 6 aliphatic carbocycles. The summed E-state index contributed by atoms with van der Waals surface area (Å²) in [5, 5.41) is 2.68. The highest BCUT2D eigenvalue weighted by molar-refractivity contribution is 6.09. The van der Waals surface area contributed by atoms with Crippen LogP contribution in [-0.2, 0) is 10.8 Å². The highest BCUT2D eigenvalue weighted by Crippen LogP contribution is 2.92. The summed E-state index contributed by atoms with van der Waals surface area (Å²) in [7, 11) is 0. The third kappa shape index (κ3) is 4.32. The van der Waals surface area contributed by atoms with E-state index in [2.05, 4.69) is 224 Å². The summed E-state index contributed by atoms with van der Waals surface area (Å²) >= 11 is 0. The molecule has 15 rings (SSSR count). The molecule has 8 unspecified atom stereocenters. The number of hydrogen-bond acceptors (Lipinski definition) is 0. The van der Waals surface area contributed by atoms with Gasteiger partial charge in [0.15, 0.2) is 0 Å². The summed E-state index contributed by atoms with van der Waals surface area (Å²) in [4.78, 5) is 0. The SMILES string of the molecule is Cc1ccccc1-c1ccccc1C12CCC34CC(c5ccccc5C5=CC=CC(n6c7ccccc7c7cc(-c8ccccc8)ccc76)C53)C3(c5ccccc5-c5ccccc5C13)C42. The van der Waals surface area contributed by atoms with Crippen LogP contribution < -0.4 is 0 Å². The Kier molecular flexibility index (Phi) is 7.20. The smallest absolute Gasteiger partial charge is 0.0600 e. The van der Waals surface area contributed by atoms with Gasteiger partial charge in [-0.05, 0) is 134 Å². The van der Waals surface area contributed by atoms with Gasteiger partial charge in [-0.15, -0.1) is 0 Å². The van der Waals surface area contributed by atoms with Crippen molar-refractivity contribution < 1.29 is 0 Å². The summed E-state index contributed by atoms with van der Waals surface area (Å²) in [5.74, 6) is 1.41. The highest BCUT2D eigenvalue weighted by atomic mass is 15.0. The van der Waals surface area contributed by atoms with Crippen LogP contribution in [0.4, 0.5) is 0 Å². The van der Waals surface area contributed by atoms with Gasteiger partial charge in [0, 0.05) is 44.5 Å². The fraction of sp³-hybridized carbons (Fsp3) is 0.188. The van der Waals surface area contributed by atoms with Gasteiger partial charge in [-0.25, -0.2) is 0 Å². The van der Waals surface area contributed by atoms with Gasteiger partial charge in [0.25, 0.3) is 0 Å². The van der Waals surface area contributed by atoms with Gasteiger partial charge in [-0.3, -0.25) is 0 Å². The average molecular weight is 832 g/mol. The van der Waals surface area contributed by atoms with Crippen LogP contribution in [-0.4, -0.2) is 4.57 Å². The molecular formula is C64H49N. The monoisotopic (exact) mass is 831 g/mol. The Morgan fingerprint density at radius 2 is 1.15 bits per heavy atom. The third-order valence-corrected chi connectivity index (χ3v) is 18.2. The number of para-hydroxylation sites is 1. The molecule has 0 radical (unpaired) electrons. The maximum Gasteiger partial charge on any atom is 0.0600 e. The van der Waals surface area contributed by atoms with Crippen LogP contribution in [0.3, 0.4) is 0 Å². The fourth-order valence-electron chi connectivity index (χ4n) is 16.5. The second-order valence-electron chi connectivity index (χ2n) is 20.4. The molecule has 65 heavy (non-hydrogen) atoms. The van der Waals surface area contributed by atoms with Crippen molar-refractivity contribution in [2.75, 3.05) is 0 Å². The fourth-order valence-corrected chi connectivity index (χ4v) is 16.5. The second-order valence-corrected chi connectivity index (χ2v) is 20.4. The molecule has 8 atom stereocenters. The van der Waals surface area contributed by atoms with Crippen molar-refractivity contribution in [3.05, 3.63) is 246 Å². The number of allylic oxidation sites excluding steroid dienone is 4. The van der Waals surface area contributed by atoms with Crippen LogP contribution in [0.2, 0.25) is 0 Å². The first kappa shape index (κ1) is 36.4. The predicted octanol–water partition coefficient (Wildman–Crippen LogP) is 15.8. The van der Waals surface area contributed by atoms with Gasteiger partial charge in [0.2, 0.25) is 0 Å². The Balaban J connectivity index is 1.04. The van der Waals surface area contributed by atoms with Crippen molar-refractivity contribution in [2.24, 2.45) is 17.3 Å². The van der Waals surface area contributed by atoms with Crippen LogP contribution in [0.15, 0.2) is 212 Å². The first-order chi connectivity index (χ1) is 32.1. The minimum atomic E-state index is -0.0704. The molecule has 2 bridgehead atoms. The number of aryl methyl sites for hydroxylation is 1. The van der Waals surface area contributed by atoms with Crippen molar-refractivity contribution in [3.8, 4) is 33.4 Å². The van der Waals surface area contributed by atoms with E-state index in [1.807, 2.05) is 0 Å². The lowest BCUT2D eigenvalue weighted by Crippen LogP contribution is -2.69. The van der Waals surface area contributed by atoms with E-state index in [9.17, 15) is 0 Å². The summed E-state index contributed by atoms with van der Waals surface area (Å²) < 4.78 is 2.79. The van der Waals surface area contributed by atoms with E-state index in [0.29, 0.717) is 17.8 Å². The number of fused-ring (bicyclic) bond motifs is 12. The van der Waals surface area contributed by atoms with Crippen LogP contribution >= 0.6 is 0 Å². The molecule has 0 amide bonds. The van der Waals surface area contributed by atoms with Gasteiger partial charge in [0.1, 0.15) is 0 Å². The lowest BCUT2D eigenvalue weighted by Gasteiger charge is -2.72. The maximum absolute atomic E-state index is 2.79. The number of hydrogen-bond donors (Lipinski definition) is 0. The molecule has 0 saturated heterocycles. The molecule has 3 saturated carbocycles. The molecule has 1 aromatic heterocycles. The molecule has 1 heterocycles. The molecule has 0 aliphatic heterocycles. The molecule has 3 fully saturated rings. The van der Waals surface area contributed by atoms with Crippen LogP contribution in [0, 0.1) is 24.2 Å². The zero-order chi connectivity index (χ0) is 42.6. The van der Waals surface area contributed by atoms with E-state index in [-0.39, 0.29) is 28.2 Å². The Hall–Kier alpha value is -6.96. The first-order valence-electron chi connectivity index (χ1n) is 24.0. The largest absolute Gasteiger partial charge is 0.333 e. The molecule has 1 nitrogen and oxygen atoms in total. The number of aromatic nitrogens is 1. The van der Waals surface area contributed by atoms with Gasteiger partial charge in [0.05, 0.1) is 6.04 Å². The molecule has 310 valence electrons. The molecule has 8 aromatic carbocycles. The molecule has 6 aliphatic rings.